The minimum atomic E-state index is 0.736. The van der Waals surface area contributed by atoms with Crippen LogP contribution in [0.3, 0.4) is 0 Å². The number of rotatable bonds is 1. The van der Waals surface area contributed by atoms with Crippen LogP contribution in [0.4, 0.5) is 0 Å². The molecular weight excluding hydrogens is 206 g/mol. The molecule has 0 amide bonds. The zero-order valence-electron chi connectivity index (χ0n) is 11.0. The van der Waals surface area contributed by atoms with Gasteiger partial charge in [0.05, 0.1) is 0 Å². The van der Waals surface area contributed by atoms with Crippen molar-refractivity contribution in [1.29, 1.82) is 0 Å². The Kier molecular flexibility index (Phi) is 2.96. The zero-order valence-corrected chi connectivity index (χ0v) is 11.0. The van der Waals surface area contributed by atoms with Crippen molar-refractivity contribution in [2.75, 3.05) is 13.1 Å². The maximum atomic E-state index is 2.71. The van der Waals surface area contributed by atoms with E-state index in [1.54, 1.807) is 11.1 Å². The number of hydrogen-bond donors (Lipinski definition) is 0. The van der Waals surface area contributed by atoms with Gasteiger partial charge in [-0.05, 0) is 55.3 Å². The summed E-state index contributed by atoms with van der Waals surface area (Å²) in [6.07, 6.45) is 4.12. The Morgan fingerprint density at radius 1 is 1.24 bits per heavy atom. The number of benzene rings is 1. The van der Waals surface area contributed by atoms with Crippen molar-refractivity contribution in [1.82, 2.24) is 4.90 Å². The lowest BCUT2D eigenvalue weighted by Gasteiger charge is -2.46. The molecule has 1 aliphatic heterocycles. The van der Waals surface area contributed by atoms with Gasteiger partial charge in [-0.15, -0.1) is 0 Å². The molecule has 0 bridgehead atoms. The van der Waals surface area contributed by atoms with Crippen molar-refractivity contribution in [3.63, 3.8) is 0 Å². The van der Waals surface area contributed by atoms with E-state index in [0.29, 0.717) is 0 Å². The first-order valence-corrected chi connectivity index (χ1v) is 7.14. The predicted octanol–water partition coefficient (Wildman–Crippen LogP) is 3.76. The van der Waals surface area contributed by atoms with Crippen LogP contribution in [0.25, 0.3) is 0 Å². The molecule has 1 aliphatic carbocycles. The Morgan fingerprint density at radius 2 is 2.00 bits per heavy atom. The molecule has 1 aromatic rings. The molecular formula is C16H23N. The Hall–Kier alpha value is -0.820. The van der Waals surface area contributed by atoms with Gasteiger partial charge in [-0.2, -0.15) is 0 Å². The van der Waals surface area contributed by atoms with Crippen molar-refractivity contribution in [2.45, 2.75) is 51.0 Å². The molecule has 3 rings (SSSR count). The van der Waals surface area contributed by atoms with Gasteiger partial charge in [-0.25, -0.2) is 0 Å². The van der Waals surface area contributed by atoms with Gasteiger partial charge in [-0.3, -0.25) is 0 Å². The first-order chi connectivity index (χ1) is 8.31. The van der Waals surface area contributed by atoms with Crippen LogP contribution in [0, 0.1) is 0 Å². The maximum absolute atomic E-state index is 2.71. The SMILES string of the molecule is CCN1CCCC2c3ccccc3C(C)CC21. The molecule has 1 saturated heterocycles. The molecule has 2 aliphatic rings. The second-order valence-corrected chi connectivity index (χ2v) is 5.71. The van der Waals surface area contributed by atoms with Crippen LogP contribution in [0.15, 0.2) is 24.3 Å². The normalized spacial score (nSPS) is 32.9. The molecule has 3 atom stereocenters. The molecule has 92 valence electrons. The highest BCUT2D eigenvalue weighted by molar-refractivity contribution is 5.37. The highest BCUT2D eigenvalue weighted by atomic mass is 15.2. The van der Waals surface area contributed by atoms with Crippen LogP contribution >= 0.6 is 0 Å². The molecule has 0 spiro atoms. The molecule has 0 aromatic heterocycles. The van der Waals surface area contributed by atoms with E-state index in [9.17, 15) is 0 Å². The summed E-state index contributed by atoms with van der Waals surface area (Å²) in [7, 11) is 0. The van der Waals surface area contributed by atoms with Gasteiger partial charge in [0.15, 0.2) is 0 Å². The average Bonchev–Trinajstić information content (AvgIpc) is 2.39. The number of likely N-dealkylation sites (N-methyl/N-ethyl adjacent to an activating group) is 1. The smallest absolute Gasteiger partial charge is 0.0170 e. The van der Waals surface area contributed by atoms with Gasteiger partial charge < -0.3 is 4.90 Å². The topological polar surface area (TPSA) is 3.24 Å². The van der Waals surface area contributed by atoms with E-state index in [0.717, 1.165) is 17.9 Å². The Labute approximate surface area is 105 Å². The Morgan fingerprint density at radius 3 is 2.76 bits per heavy atom. The molecule has 0 saturated carbocycles. The summed E-state index contributed by atoms with van der Waals surface area (Å²) in [4.78, 5) is 2.71. The largest absolute Gasteiger partial charge is 0.300 e. The fourth-order valence-corrected chi connectivity index (χ4v) is 3.98. The quantitative estimate of drug-likeness (QED) is 0.708. The number of hydrogen-bond acceptors (Lipinski definition) is 1. The van der Waals surface area contributed by atoms with Crippen molar-refractivity contribution in [2.24, 2.45) is 0 Å². The third-order valence-electron chi connectivity index (χ3n) is 4.82. The fourth-order valence-electron chi connectivity index (χ4n) is 3.98. The zero-order chi connectivity index (χ0) is 11.8. The molecule has 1 nitrogen and oxygen atoms in total. The van der Waals surface area contributed by atoms with Gasteiger partial charge >= 0.3 is 0 Å². The summed E-state index contributed by atoms with van der Waals surface area (Å²) in [5, 5.41) is 0. The summed E-state index contributed by atoms with van der Waals surface area (Å²) >= 11 is 0. The number of nitrogens with zero attached hydrogens (tertiary/aromatic N) is 1. The highest BCUT2D eigenvalue weighted by Gasteiger charge is 2.37. The lowest BCUT2D eigenvalue weighted by atomic mass is 9.70. The van der Waals surface area contributed by atoms with E-state index >= 15 is 0 Å². The maximum Gasteiger partial charge on any atom is 0.0170 e. The van der Waals surface area contributed by atoms with E-state index in [1.807, 2.05) is 0 Å². The molecule has 0 radical (unpaired) electrons. The standard InChI is InChI=1S/C16H23N/c1-3-17-10-6-9-15-14-8-5-4-7-13(14)12(2)11-16(15)17/h4-5,7-8,12,15-16H,3,6,9-11H2,1-2H3. The second-order valence-electron chi connectivity index (χ2n) is 5.71. The molecule has 17 heavy (non-hydrogen) atoms. The fraction of sp³-hybridized carbons (Fsp3) is 0.625. The van der Waals surface area contributed by atoms with Gasteiger partial charge in [0.25, 0.3) is 0 Å². The molecule has 3 unspecified atom stereocenters. The van der Waals surface area contributed by atoms with E-state index < -0.39 is 0 Å². The van der Waals surface area contributed by atoms with E-state index in [4.69, 9.17) is 0 Å². The monoisotopic (exact) mass is 229 g/mol. The summed E-state index contributed by atoms with van der Waals surface area (Å²) in [6.45, 7) is 7.24. The lowest BCUT2D eigenvalue weighted by molar-refractivity contribution is 0.112. The van der Waals surface area contributed by atoms with Gasteiger partial charge in [0, 0.05) is 6.04 Å². The van der Waals surface area contributed by atoms with Gasteiger partial charge in [0.2, 0.25) is 0 Å². The number of fused-ring (bicyclic) bond motifs is 3. The van der Waals surface area contributed by atoms with Crippen LogP contribution in [0.1, 0.15) is 56.1 Å². The Bertz CT molecular complexity index is 398. The summed E-state index contributed by atoms with van der Waals surface area (Å²) in [6, 6.07) is 9.95. The van der Waals surface area contributed by atoms with Crippen LogP contribution < -0.4 is 0 Å². The molecule has 1 aromatic carbocycles. The minimum absolute atomic E-state index is 0.736. The van der Waals surface area contributed by atoms with Crippen molar-refractivity contribution < 1.29 is 0 Å². The second kappa shape index (κ2) is 4.45. The first-order valence-electron chi connectivity index (χ1n) is 7.14. The molecule has 0 N–H and O–H groups in total. The molecule has 1 fully saturated rings. The van der Waals surface area contributed by atoms with Crippen LogP contribution in [0.2, 0.25) is 0 Å². The van der Waals surface area contributed by atoms with Crippen molar-refractivity contribution in [3.8, 4) is 0 Å². The van der Waals surface area contributed by atoms with Crippen molar-refractivity contribution in [3.05, 3.63) is 35.4 Å². The molecule has 1 heteroatoms. The van der Waals surface area contributed by atoms with E-state index in [2.05, 4.69) is 43.0 Å². The van der Waals surface area contributed by atoms with E-state index in [-0.39, 0.29) is 0 Å². The van der Waals surface area contributed by atoms with Gasteiger partial charge in [0.1, 0.15) is 0 Å². The van der Waals surface area contributed by atoms with Crippen molar-refractivity contribution >= 4 is 0 Å². The van der Waals surface area contributed by atoms with Crippen LogP contribution in [-0.2, 0) is 0 Å². The first kappa shape index (κ1) is 11.3. The van der Waals surface area contributed by atoms with Gasteiger partial charge in [-0.1, -0.05) is 38.1 Å². The number of piperidine rings is 1. The summed E-state index contributed by atoms with van der Waals surface area (Å²) < 4.78 is 0. The van der Waals surface area contributed by atoms with Crippen LogP contribution in [-0.4, -0.2) is 24.0 Å². The molecule has 1 heterocycles. The predicted molar refractivity (Wildman–Crippen MR) is 72.5 cm³/mol. The van der Waals surface area contributed by atoms with E-state index in [1.165, 1.54) is 32.4 Å². The summed E-state index contributed by atoms with van der Waals surface area (Å²) in [5.74, 6) is 1.54. The van der Waals surface area contributed by atoms with Crippen LogP contribution in [0.5, 0.6) is 0 Å². The Balaban J connectivity index is 1.99. The lowest BCUT2D eigenvalue weighted by Crippen LogP contribution is -2.46. The minimum Gasteiger partial charge on any atom is -0.300 e. The third-order valence-corrected chi connectivity index (χ3v) is 4.82. The average molecular weight is 229 g/mol. The third kappa shape index (κ3) is 1.81. The summed E-state index contributed by atoms with van der Waals surface area (Å²) in [5.41, 5.74) is 3.26. The highest BCUT2D eigenvalue weighted by Crippen LogP contribution is 2.44. The number of likely N-dealkylation sites (tertiary alicyclic amines) is 1.